The van der Waals surface area contributed by atoms with Crippen LogP contribution in [0.5, 0.6) is 5.75 Å². The number of rotatable bonds is 5. The number of amides is 1. The fourth-order valence-corrected chi connectivity index (χ4v) is 1.61. The molecule has 4 N–H and O–H groups in total. The Bertz CT molecular complexity index is 619. The number of hydrogen-bond donors (Lipinski definition) is 3. The second-order valence-electron chi connectivity index (χ2n) is 5.86. The van der Waals surface area contributed by atoms with Crippen LogP contribution in [-0.2, 0) is 4.74 Å². The van der Waals surface area contributed by atoms with Gasteiger partial charge in [-0.05, 0) is 32.9 Å². The number of aliphatic imine (C=N–C) groups is 1. The molecule has 0 radical (unpaired) electrons. The number of carbonyl (C=O) groups is 1. The van der Waals surface area contributed by atoms with Crippen molar-refractivity contribution in [2.75, 3.05) is 18.4 Å². The summed E-state index contributed by atoms with van der Waals surface area (Å²) in [7, 11) is 0. The van der Waals surface area contributed by atoms with E-state index in [1.165, 1.54) is 18.2 Å². The standard InChI is InChI=1S/C15H21F3N4O3.HI/c1-14(2,3)25-13(23)21-9-8-20-12(19)22-10-6-4-5-7-11(10)24-15(16,17)18;/h4-7H,8-9H2,1-3H3,(H,21,23)(H3,19,20,22);1H. The Morgan fingerprint density at radius 2 is 1.85 bits per heavy atom. The lowest BCUT2D eigenvalue weighted by atomic mass is 10.2. The number of nitrogens with zero attached hydrogens (tertiary/aromatic N) is 1. The number of halogens is 4. The normalized spacial score (nSPS) is 12.0. The van der Waals surface area contributed by atoms with Gasteiger partial charge in [-0.15, -0.1) is 37.1 Å². The zero-order valence-corrected chi connectivity index (χ0v) is 16.8. The van der Waals surface area contributed by atoms with Crippen molar-refractivity contribution in [2.45, 2.75) is 32.7 Å². The molecular weight excluding hydrogens is 468 g/mol. The van der Waals surface area contributed by atoms with E-state index in [4.69, 9.17) is 10.5 Å². The zero-order chi connectivity index (χ0) is 19.1. The van der Waals surface area contributed by atoms with E-state index in [2.05, 4.69) is 20.4 Å². The molecule has 0 saturated heterocycles. The van der Waals surface area contributed by atoms with Gasteiger partial charge in [0.15, 0.2) is 11.7 Å². The van der Waals surface area contributed by atoms with Crippen molar-refractivity contribution < 1.29 is 27.4 Å². The molecule has 26 heavy (non-hydrogen) atoms. The molecule has 0 fully saturated rings. The van der Waals surface area contributed by atoms with E-state index in [0.717, 1.165) is 6.07 Å². The smallest absolute Gasteiger partial charge is 0.444 e. The first kappa shape index (κ1) is 24.1. The van der Waals surface area contributed by atoms with Gasteiger partial charge in [-0.3, -0.25) is 4.99 Å². The molecule has 0 atom stereocenters. The molecule has 0 bridgehead atoms. The van der Waals surface area contributed by atoms with Gasteiger partial charge in [-0.1, -0.05) is 12.1 Å². The van der Waals surface area contributed by atoms with Crippen LogP contribution >= 0.6 is 24.0 Å². The second kappa shape index (κ2) is 10.3. The Morgan fingerprint density at radius 1 is 1.23 bits per heavy atom. The van der Waals surface area contributed by atoms with Crippen molar-refractivity contribution in [2.24, 2.45) is 10.7 Å². The summed E-state index contributed by atoms with van der Waals surface area (Å²) >= 11 is 0. The summed E-state index contributed by atoms with van der Waals surface area (Å²) in [6.07, 6.45) is -5.42. The lowest BCUT2D eigenvalue weighted by Crippen LogP contribution is -2.34. The van der Waals surface area contributed by atoms with Crippen LogP contribution < -0.4 is 21.1 Å². The van der Waals surface area contributed by atoms with E-state index in [9.17, 15) is 18.0 Å². The maximum Gasteiger partial charge on any atom is 0.573 e. The number of nitrogens with two attached hydrogens (primary N) is 1. The summed E-state index contributed by atoms with van der Waals surface area (Å²) in [5, 5.41) is 4.99. The number of alkyl halides is 3. The Balaban J connectivity index is 0.00000625. The van der Waals surface area contributed by atoms with Gasteiger partial charge in [0.1, 0.15) is 5.60 Å². The zero-order valence-electron chi connectivity index (χ0n) is 14.5. The molecule has 7 nitrogen and oxygen atoms in total. The van der Waals surface area contributed by atoms with Crippen LogP contribution in [0.1, 0.15) is 20.8 Å². The van der Waals surface area contributed by atoms with Crippen LogP contribution in [0.25, 0.3) is 0 Å². The first-order valence-corrected chi connectivity index (χ1v) is 7.35. The van der Waals surface area contributed by atoms with Crippen LogP contribution in [0, 0.1) is 0 Å². The highest BCUT2D eigenvalue weighted by atomic mass is 127. The Morgan fingerprint density at radius 3 is 2.42 bits per heavy atom. The van der Waals surface area contributed by atoms with Crippen molar-refractivity contribution in [1.82, 2.24) is 5.32 Å². The summed E-state index contributed by atoms with van der Waals surface area (Å²) in [5.74, 6) is -0.552. The fourth-order valence-electron chi connectivity index (χ4n) is 1.61. The third kappa shape index (κ3) is 10.8. The van der Waals surface area contributed by atoms with Crippen molar-refractivity contribution in [3.63, 3.8) is 0 Å². The molecule has 0 heterocycles. The van der Waals surface area contributed by atoms with E-state index >= 15 is 0 Å². The Labute approximate surface area is 166 Å². The first-order valence-electron chi connectivity index (χ1n) is 7.35. The number of nitrogens with one attached hydrogen (secondary N) is 2. The highest BCUT2D eigenvalue weighted by Gasteiger charge is 2.32. The van der Waals surface area contributed by atoms with Gasteiger partial charge in [0, 0.05) is 6.54 Å². The van der Waals surface area contributed by atoms with E-state index in [1.807, 2.05) is 0 Å². The molecule has 0 aliphatic rings. The van der Waals surface area contributed by atoms with Crippen LogP contribution in [0.3, 0.4) is 0 Å². The number of alkyl carbamates (subject to hydrolysis) is 1. The minimum atomic E-state index is -4.82. The van der Waals surface area contributed by atoms with Gasteiger partial charge in [0.2, 0.25) is 0 Å². The molecule has 1 aromatic rings. The quantitative estimate of drug-likeness (QED) is 0.254. The third-order valence-electron chi connectivity index (χ3n) is 2.44. The number of hydrogen-bond acceptors (Lipinski definition) is 4. The van der Waals surface area contributed by atoms with Gasteiger partial charge in [-0.25, -0.2) is 4.79 Å². The van der Waals surface area contributed by atoms with Gasteiger partial charge < -0.3 is 25.8 Å². The van der Waals surface area contributed by atoms with Crippen LogP contribution in [0.4, 0.5) is 23.7 Å². The summed E-state index contributed by atoms with van der Waals surface area (Å²) in [5.41, 5.74) is 5.02. The first-order chi connectivity index (χ1) is 11.5. The monoisotopic (exact) mass is 490 g/mol. The number of benzene rings is 1. The average molecular weight is 490 g/mol. The minimum Gasteiger partial charge on any atom is -0.444 e. The predicted octanol–water partition coefficient (Wildman–Crippen LogP) is 3.45. The molecular formula is C15H22F3IN4O3. The highest BCUT2D eigenvalue weighted by Crippen LogP contribution is 2.29. The van der Waals surface area contributed by atoms with E-state index in [-0.39, 0.29) is 48.7 Å². The number of carbonyl (C=O) groups excluding carboxylic acids is 1. The number of ether oxygens (including phenoxy) is 2. The maximum atomic E-state index is 12.3. The molecule has 148 valence electrons. The fraction of sp³-hybridized carbons (Fsp3) is 0.467. The molecule has 11 heteroatoms. The van der Waals surface area contributed by atoms with Crippen molar-refractivity contribution in [1.29, 1.82) is 0 Å². The predicted molar refractivity (Wildman–Crippen MR) is 103 cm³/mol. The summed E-state index contributed by atoms with van der Waals surface area (Å²) < 4.78 is 45.9. The SMILES string of the molecule is CC(C)(C)OC(=O)NCCN=C(N)Nc1ccccc1OC(F)(F)F.I. The number of para-hydroxylation sites is 2. The summed E-state index contributed by atoms with van der Waals surface area (Å²) in [6.45, 7) is 5.45. The molecule has 0 saturated carbocycles. The van der Waals surface area contributed by atoms with Gasteiger partial charge in [0.05, 0.1) is 12.2 Å². The molecule has 0 aromatic heterocycles. The summed E-state index contributed by atoms with van der Waals surface area (Å²) in [6, 6.07) is 5.42. The van der Waals surface area contributed by atoms with Crippen LogP contribution in [-0.4, -0.2) is 37.1 Å². The summed E-state index contributed by atoms with van der Waals surface area (Å²) in [4.78, 5) is 15.3. The Kier molecular flexibility index (Phi) is 9.52. The molecule has 1 aromatic carbocycles. The Hall–Kier alpha value is -1.92. The van der Waals surface area contributed by atoms with Gasteiger partial charge in [0.25, 0.3) is 0 Å². The lowest BCUT2D eigenvalue weighted by Gasteiger charge is -2.19. The second-order valence-corrected chi connectivity index (χ2v) is 5.86. The largest absolute Gasteiger partial charge is 0.573 e. The molecule has 0 aliphatic carbocycles. The van der Waals surface area contributed by atoms with Crippen LogP contribution in [0.2, 0.25) is 0 Å². The van der Waals surface area contributed by atoms with Crippen molar-refractivity contribution in [3.05, 3.63) is 24.3 Å². The van der Waals surface area contributed by atoms with E-state index in [1.54, 1.807) is 20.8 Å². The minimum absolute atomic E-state index is 0. The molecule has 1 amide bonds. The van der Waals surface area contributed by atoms with Crippen LogP contribution in [0.15, 0.2) is 29.3 Å². The van der Waals surface area contributed by atoms with E-state index in [0.29, 0.717) is 0 Å². The molecule has 1 rings (SSSR count). The number of anilines is 1. The van der Waals surface area contributed by atoms with Gasteiger partial charge in [-0.2, -0.15) is 0 Å². The van der Waals surface area contributed by atoms with E-state index < -0.39 is 23.8 Å². The van der Waals surface area contributed by atoms with Gasteiger partial charge >= 0.3 is 12.5 Å². The van der Waals surface area contributed by atoms with Crippen molar-refractivity contribution >= 4 is 41.7 Å². The third-order valence-corrected chi connectivity index (χ3v) is 2.44. The maximum absolute atomic E-state index is 12.3. The lowest BCUT2D eigenvalue weighted by molar-refractivity contribution is -0.274. The van der Waals surface area contributed by atoms with Crippen molar-refractivity contribution in [3.8, 4) is 5.75 Å². The topological polar surface area (TPSA) is 98.0 Å². The molecule has 0 spiro atoms. The molecule has 0 unspecified atom stereocenters. The highest BCUT2D eigenvalue weighted by molar-refractivity contribution is 14.0. The number of guanidine groups is 1. The molecule has 0 aliphatic heterocycles. The average Bonchev–Trinajstić information content (AvgIpc) is 2.42.